The molecule has 2 aromatic heterocycles. The van der Waals surface area contributed by atoms with E-state index in [1.807, 2.05) is 32.2 Å². The van der Waals surface area contributed by atoms with Crippen LogP contribution >= 0.6 is 12.4 Å². The highest BCUT2D eigenvalue weighted by Crippen LogP contribution is 2.29. The van der Waals surface area contributed by atoms with Crippen molar-refractivity contribution in [2.24, 2.45) is 5.92 Å². The van der Waals surface area contributed by atoms with Gasteiger partial charge in [0.05, 0.1) is 11.9 Å². The Morgan fingerprint density at radius 3 is 2.68 bits per heavy atom. The quantitative estimate of drug-likeness (QED) is 0.247. The largest absolute Gasteiger partial charge is 0.432 e. The first kappa shape index (κ1) is 30.1. The maximum absolute atomic E-state index is 14.3. The normalized spacial score (nSPS) is 13.7. The van der Waals surface area contributed by atoms with Crippen LogP contribution in [0.15, 0.2) is 55.0 Å². The molecule has 0 saturated carbocycles. The molecule has 41 heavy (non-hydrogen) atoms. The predicted octanol–water partition coefficient (Wildman–Crippen LogP) is 6.07. The zero-order valence-electron chi connectivity index (χ0n) is 22.7. The van der Waals surface area contributed by atoms with Crippen LogP contribution in [0, 0.1) is 18.7 Å². The SMILES string of the molecule is Cc1cc(Nc2nccn3c(-c4ccc(OC(F)F)c(F)c4)cnc23)ccc1C(=O)N(C)CCC1CCNCC1.Cl. The van der Waals surface area contributed by atoms with Crippen LogP contribution in [0.5, 0.6) is 5.75 Å². The molecule has 0 unspecified atom stereocenters. The second-order valence-corrected chi connectivity index (χ2v) is 10.0. The van der Waals surface area contributed by atoms with Crippen molar-refractivity contribution in [2.45, 2.75) is 32.8 Å². The van der Waals surface area contributed by atoms with Crippen molar-refractivity contribution in [1.82, 2.24) is 24.6 Å². The van der Waals surface area contributed by atoms with Gasteiger partial charge in [0, 0.05) is 42.8 Å². The van der Waals surface area contributed by atoms with Gasteiger partial charge in [-0.1, -0.05) is 0 Å². The van der Waals surface area contributed by atoms with Gasteiger partial charge in [0.2, 0.25) is 0 Å². The first-order valence-electron chi connectivity index (χ1n) is 13.2. The first-order valence-corrected chi connectivity index (χ1v) is 13.2. The molecule has 2 N–H and O–H groups in total. The van der Waals surface area contributed by atoms with E-state index in [0.717, 1.165) is 62.3 Å². The number of ether oxygens (including phenoxy) is 1. The molecule has 0 bridgehead atoms. The Labute approximate surface area is 242 Å². The summed E-state index contributed by atoms with van der Waals surface area (Å²) < 4.78 is 45.2. The molecule has 8 nitrogen and oxygen atoms in total. The Balaban J connectivity index is 0.00000387. The van der Waals surface area contributed by atoms with Crippen molar-refractivity contribution in [3.63, 3.8) is 0 Å². The number of halogens is 4. The number of alkyl halides is 2. The minimum absolute atomic E-state index is 0. The molecule has 5 rings (SSSR count). The van der Waals surface area contributed by atoms with Crippen LogP contribution in [-0.2, 0) is 0 Å². The second-order valence-electron chi connectivity index (χ2n) is 10.0. The van der Waals surface area contributed by atoms with Crippen LogP contribution in [0.25, 0.3) is 16.9 Å². The molecule has 0 aliphatic carbocycles. The summed E-state index contributed by atoms with van der Waals surface area (Å²) in [5.41, 5.74) is 3.69. The number of nitrogens with zero attached hydrogens (tertiary/aromatic N) is 4. The van der Waals surface area contributed by atoms with E-state index in [1.165, 1.54) is 6.07 Å². The molecule has 0 atom stereocenters. The van der Waals surface area contributed by atoms with Crippen LogP contribution in [0.3, 0.4) is 0 Å². The number of carbonyl (C=O) groups excluding carboxylic acids is 1. The summed E-state index contributed by atoms with van der Waals surface area (Å²) in [6.07, 6.45) is 8.12. The van der Waals surface area contributed by atoms with Crippen molar-refractivity contribution in [3.8, 4) is 17.0 Å². The number of benzene rings is 2. The Hall–Kier alpha value is -3.83. The smallest absolute Gasteiger partial charge is 0.387 e. The molecule has 0 radical (unpaired) electrons. The number of imidazole rings is 1. The summed E-state index contributed by atoms with van der Waals surface area (Å²) in [5, 5.41) is 6.63. The second kappa shape index (κ2) is 13.2. The number of rotatable bonds is 9. The third-order valence-corrected chi connectivity index (χ3v) is 7.27. The van der Waals surface area contributed by atoms with Gasteiger partial charge >= 0.3 is 6.61 Å². The van der Waals surface area contributed by atoms with Gasteiger partial charge in [-0.05, 0) is 87.2 Å². The van der Waals surface area contributed by atoms with Gasteiger partial charge in [-0.2, -0.15) is 8.78 Å². The number of piperidine rings is 1. The lowest BCUT2D eigenvalue weighted by molar-refractivity contribution is -0.0521. The van der Waals surface area contributed by atoms with Crippen LogP contribution in [0.1, 0.15) is 35.2 Å². The Morgan fingerprint density at radius 2 is 1.98 bits per heavy atom. The number of nitrogens with one attached hydrogen (secondary N) is 2. The number of anilines is 2. The lowest BCUT2D eigenvalue weighted by Gasteiger charge is -2.25. The summed E-state index contributed by atoms with van der Waals surface area (Å²) in [4.78, 5) is 23.8. The van der Waals surface area contributed by atoms with Crippen molar-refractivity contribution in [2.75, 3.05) is 32.0 Å². The number of carbonyl (C=O) groups is 1. The molecule has 1 amide bonds. The maximum Gasteiger partial charge on any atom is 0.387 e. The van der Waals surface area contributed by atoms with Crippen LogP contribution in [-0.4, -0.2) is 58.5 Å². The third-order valence-electron chi connectivity index (χ3n) is 7.27. The number of aromatic nitrogens is 3. The van der Waals surface area contributed by atoms with Gasteiger partial charge in [-0.3, -0.25) is 9.20 Å². The molecule has 1 aliphatic heterocycles. The third kappa shape index (κ3) is 6.91. The number of hydrogen-bond acceptors (Lipinski definition) is 6. The van der Waals surface area contributed by atoms with Crippen molar-refractivity contribution < 1.29 is 22.7 Å². The number of fused-ring (bicyclic) bond motifs is 1. The fraction of sp³-hybridized carbons (Fsp3) is 0.345. The predicted molar refractivity (Wildman–Crippen MR) is 154 cm³/mol. The van der Waals surface area contributed by atoms with Crippen LogP contribution < -0.4 is 15.4 Å². The standard InChI is InChI=1S/C29H31F3N6O2.ClH/c1-18-15-21(4-5-22(18)28(39)37(2)13-9-19-7-10-33-11-8-19)36-26-27-35-17-24(38(27)14-12-34-26)20-3-6-25(23(30)16-20)40-29(31)32;/h3-6,12,14-17,19,29,33H,7-11,13H2,1-2H3,(H,34,36);1H. The molecular weight excluding hydrogens is 557 g/mol. The van der Waals surface area contributed by atoms with E-state index < -0.39 is 18.2 Å². The first-order chi connectivity index (χ1) is 19.3. The van der Waals surface area contributed by atoms with E-state index in [4.69, 9.17) is 0 Å². The molecular formula is C29H32ClF3N6O2. The van der Waals surface area contributed by atoms with E-state index in [1.54, 1.807) is 27.9 Å². The van der Waals surface area contributed by atoms with Gasteiger partial charge in [0.15, 0.2) is 23.0 Å². The Morgan fingerprint density at radius 1 is 1.20 bits per heavy atom. The summed E-state index contributed by atoms with van der Waals surface area (Å²) in [6, 6.07) is 9.29. The van der Waals surface area contributed by atoms with E-state index in [-0.39, 0.29) is 18.3 Å². The zero-order valence-corrected chi connectivity index (χ0v) is 23.6. The zero-order chi connectivity index (χ0) is 28.2. The highest BCUT2D eigenvalue weighted by molar-refractivity contribution is 5.96. The molecule has 1 fully saturated rings. The van der Waals surface area contributed by atoms with Gasteiger partial charge < -0.3 is 20.3 Å². The minimum atomic E-state index is -3.11. The molecule has 0 spiro atoms. The topological polar surface area (TPSA) is 83.8 Å². The van der Waals surface area contributed by atoms with E-state index in [0.29, 0.717) is 34.2 Å². The summed E-state index contributed by atoms with van der Waals surface area (Å²) >= 11 is 0. The molecule has 12 heteroatoms. The Kier molecular flexibility index (Phi) is 9.72. The van der Waals surface area contributed by atoms with Crippen LogP contribution in [0.4, 0.5) is 24.7 Å². The van der Waals surface area contributed by atoms with Gasteiger partial charge in [-0.15, -0.1) is 12.4 Å². The number of amides is 1. The molecule has 1 aliphatic rings. The average molecular weight is 589 g/mol. The number of aryl methyl sites for hydroxylation is 1. The Bertz CT molecular complexity index is 1510. The van der Waals surface area contributed by atoms with E-state index >= 15 is 0 Å². The minimum Gasteiger partial charge on any atom is -0.432 e. The van der Waals surface area contributed by atoms with Crippen molar-refractivity contribution in [3.05, 3.63) is 71.9 Å². The fourth-order valence-corrected chi connectivity index (χ4v) is 5.04. The molecule has 4 aromatic rings. The molecule has 2 aromatic carbocycles. The summed E-state index contributed by atoms with van der Waals surface area (Å²) in [6.45, 7) is 1.60. The van der Waals surface area contributed by atoms with E-state index in [2.05, 4.69) is 25.3 Å². The van der Waals surface area contributed by atoms with Gasteiger partial charge in [0.25, 0.3) is 5.91 Å². The monoisotopic (exact) mass is 588 g/mol. The van der Waals surface area contributed by atoms with Crippen molar-refractivity contribution in [1.29, 1.82) is 0 Å². The van der Waals surface area contributed by atoms with Gasteiger partial charge in [0.1, 0.15) is 0 Å². The number of hydrogen-bond donors (Lipinski definition) is 2. The highest BCUT2D eigenvalue weighted by Gasteiger charge is 2.19. The average Bonchev–Trinajstić information content (AvgIpc) is 3.38. The molecule has 218 valence electrons. The molecule has 3 heterocycles. The fourth-order valence-electron chi connectivity index (χ4n) is 5.04. The van der Waals surface area contributed by atoms with E-state index in [9.17, 15) is 18.0 Å². The molecule has 1 saturated heterocycles. The lowest BCUT2D eigenvalue weighted by atomic mass is 9.94. The lowest BCUT2D eigenvalue weighted by Crippen LogP contribution is -2.32. The highest BCUT2D eigenvalue weighted by atomic mass is 35.5. The maximum atomic E-state index is 14.3. The van der Waals surface area contributed by atoms with Gasteiger partial charge in [-0.25, -0.2) is 14.4 Å². The summed E-state index contributed by atoms with van der Waals surface area (Å²) in [5.74, 6) is -0.317. The van der Waals surface area contributed by atoms with Crippen LogP contribution in [0.2, 0.25) is 0 Å². The van der Waals surface area contributed by atoms with Crippen molar-refractivity contribution >= 4 is 35.5 Å². The summed E-state index contributed by atoms with van der Waals surface area (Å²) in [7, 11) is 1.85.